The van der Waals surface area contributed by atoms with Crippen molar-refractivity contribution in [2.75, 3.05) is 18.9 Å². The van der Waals surface area contributed by atoms with Gasteiger partial charge in [-0.2, -0.15) is 13.4 Å². The second-order valence-electron chi connectivity index (χ2n) is 8.04. The third kappa shape index (κ3) is 6.04. The maximum Gasteiger partial charge on any atom is 0.284 e. The van der Waals surface area contributed by atoms with E-state index < -0.39 is 10.0 Å². The van der Waals surface area contributed by atoms with Crippen molar-refractivity contribution < 1.29 is 17.7 Å². The fourth-order valence-corrected chi connectivity index (χ4v) is 4.73. The molecule has 1 aromatic carbocycles. The number of likely N-dealkylation sites (tertiary alicyclic amines) is 1. The van der Waals surface area contributed by atoms with Gasteiger partial charge in [0.2, 0.25) is 17.6 Å². The van der Waals surface area contributed by atoms with Gasteiger partial charge < -0.3 is 14.7 Å². The Morgan fingerprint density at radius 1 is 1.18 bits per heavy atom. The molecule has 34 heavy (non-hydrogen) atoms. The highest BCUT2D eigenvalue weighted by atomic mass is 32.2. The van der Waals surface area contributed by atoms with E-state index in [1.54, 1.807) is 36.7 Å². The van der Waals surface area contributed by atoms with Gasteiger partial charge in [-0.15, -0.1) is 4.40 Å². The molecule has 11 heteroatoms. The molecule has 0 unspecified atom stereocenters. The van der Waals surface area contributed by atoms with Gasteiger partial charge in [0.05, 0.1) is 4.90 Å². The molecular formula is C23H26N6O4S. The molecule has 1 saturated heterocycles. The first-order valence-electron chi connectivity index (χ1n) is 11.1. The maximum absolute atomic E-state index is 12.9. The summed E-state index contributed by atoms with van der Waals surface area (Å²) in [6.07, 6.45) is 7.24. The largest absolute Gasteiger partial charge is 0.362 e. The average Bonchev–Trinajstić information content (AvgIpc) is 3.23. The fraction of sp³-hybridized carbons (Fsp3) is 0.348. The lowest BCUT2D eigenvalue weighted by atomic mass is 10.2. The molecule has 0 saturated carbocycles. The number of amides is 1. The molecule has 1 amide bonds. The zero-order valence-corrected chi connectivity index (χ0v) is 19.7. The van der Waals surface area contributed by atoms with Crippen LogP contribution in [0.1, 0.15) is 38.0 Å². The van der Waals surface area contributed by atoms with Gasteiger partial charge in [0.15, 0.2) is 0 Å². The summed E-state index contributed by atoms with van der Waals surface area (Å²) in [4.78, 5) is 22.6. The average molecular weight is 483 g/mol. The number of hydrogen-bond donors (Lipinski definition) is 1. The molecule has 1 fully saturated rings. The van der Waals surface area contributed by atoms with Crippen molar-refractivity contribution in [3.05, 3.63) is 54.7 Å². The summed E-state index contributed by atoms with van der Waals surface area (Å²) in [6.45, 7) is 0.786. The van der Waals surface area contributed by atoms with E-state index in [2.05, 4.69) is 24.8 Å². The fourth-order valence-electron chi connectivity index (χ4n) is 3.59. The van der Waals surface area contributed by atoms with E-state index >= 15 is 0 Å². The lowest BCUT2D eigenvalue weighted by molar-refractivity contribution is -0.116. The number of amidine groups is 1. The van der Waals surface area contributed by atoms with Gasteiger partial charge in [-0.3, -0.25) is 9.78 Å². The summed E-state index contributed by atoms with van der Waals surface area (Å²) in [5.74, 6) is 1.03. The third-order valence-electron chi connectivity index (χ3n) is 5.45. The van der Waals surface area contributed by atoms with E-state index in [0.717, 1.165) is 31.4 Å². The Hall–Kier alpha value is -3.60. The van der Waals surface area contributed by atoms with Crippen LogP contribution in [0.3, 0.4) is 0 Å². The number of carbonyl (C=O) groups is 1. The summed E-state index contributed by atoms with van der Waals surface area (Å²) in [6, 6.07) is 9.64. The molecule has 0 atom stereocenters. The first-order valence-corrected chi connectivity index (χ1v) is 12.5. The summed E-state index contributed by atoms with van der Waals surface area (Å²) >= 11 is 0. The number of pyridine rings is 1. The Balaban J connectivity index is 1.38. The number of aromatic nitrogens is 3. The van der Waals surface area contributed by atoms with Gasteiger partial charge in [-0.1, -0.05) is 17.6 Å². The van der Waals surface area contributed by atoms with E-state index in [1.165, 1.54) is 12.1 Å². The summed E-state index contributed by atoms with van der Waals surface area (Å²) < 4.78 is 35.0. The number of sulfonamides is 1. The second kappa shape index (κ2) is 10.6. The smallest absolute Gasteiger partial charge is 0.284 e. The molecule has 2 aromatic heterocycles. The standard InChI is InChI=1S/C23H26N6O4S/c1-29-15-4-2-3-8-20(29)28-34(31,32)19-7-5-6-18(16-19)25-21(30)9-10-22-26-23(27-33-22)17-11-13-24-14-12-17/h5-7,11-14,16H,2-4,8-10,15H2,1H3,(H,25,30)/b28-20+. The Labute approximate surface area is 198 Å². The van der Waals surface area contributed by atoms with Crippen LogP contribution in [-0.2, 0) is 21.2 Å². The first kappa shape index (κ1) is 23.6. The molecule has 0 bridgehead atoms. The Morgan fingerprint density at radius 2 is 2.00 bits per heavy atom. The molecule has 0 spiro atoms. The Kier molecular flexibility index (Phi) is 7.31. The van der Waals surface area contributed by atoms with Crippen molar-refractivity contribution in [2.24, 2.45) is 4.40 Å². The second-order valence-corrected chi connectivity index (χ2v) is 9.64. The van der Waals surface area contributed by atoms with Gasteiger partial charge in [0.25, 0.3) is 10.0 Å². The van der Waals surface area contributed by atoms with Crippen molar-refractivity contribution in [1.29, 1.82) is 0 Å². The minimum Gasteiger partial charge on any atom is -0.362 e. The minimum absolute atomic E-state index is 0.0364. The number of carbonyl (C=O) groups excluding carboxylic acids is 1. The van der Waals surface area contributed by atoms with Crippen LogP contribution in [0.15, 0.2) is 62.6 Å². The van der Waals surface area contributed by atoms with Crippen LogP contribution in [-0.4, -0.2) is 53.8 Å². The van der Waals surface area contributed by atoms with Crippen molar-refractivity contribution in [3.8, 4) is 11.4 Å². The topological polar surface area (TPSA) is 131 Å². The van der Waals surface area contributed by atoms with Gasteiger partial charge in [0, 0.05) is 56.5 Å². The van der Waals surface area contributed by atoms with E-state index in [-0.39, 0.29) is 23.6 Å². The summed E-state index contributed by atoms with van der Waals surface area (Å²) in [7, 11) is -2.03. The van der Waals surface area contributed by atoms with Crippen LogP contribution in [0.4, 0.5) is 5.69 Å². The van der Waals surface area contributed by atoms with Crippen molar-refractivity contribution in [3.63, 3.8) is 0 Å². The monoisotopic (exact) mass is 482 g/mol. The summed E-state index contributed by atoms with van der Waals surface area (Å²) in [5.41, 5.74) is 1.15. The highest BCUT2D eigenvalue weighted by molar-refractivity contribution is 7.90. The zero-order valence-electron chi connectivity index (χ0n) is 18.8. The third-order valence-corrected chi connectivity index (χ3v) is 6.75. The minimum atomic E-state index is -3.89. The highest BCUT2D eigenvalue weighted by Gasteiger charge is 2.19. The number of nitrogens with one attached hydrogen (secondary N) is 1. The zero-order chi connectivity index (χ0) is 24.0. The maximum atomic E-state index is 12.9. The van der Waals surface area contributed by atoms with Gasteiger partial charge >= 0.3 is 0 Å². The number of benzene rings is 1. The molecule has 0 aliphatic carbocycles. The Morgan fingerprint density at radius 3 is 2.82 bits per heavy atom. The normalized spacial score (nSPS) is 15.8. The van der Waals surface area contributed by atoms with Crippen molar-refractivity contribution >= 4 is 27.5 Å². The van der Waals surface area contributed by atoms with E-state index in [0.29, 0.717) is 29.7 Å². The predicted molar refractivity (Wildman–Crippen MR) is 127 cm³/mol. The van der Waals surface area contributed by atoms with Crippen LogP contribution in [0.25, 0.3) is 11.4 Å². The lowest BCUT2D eigenvalue weighted by Gasteiger charge is -2.17. The van der Waals surface area contributed by atoms with Crippen LogP contribution < -0.4 is 5.32 Å². The highest BCUT2D eigenvalue weighted by Crippen LogP contribution is 2.21. The van der Waals surface area contributed by atoms with Gasteiger partial charge in [0.1, 0.15) is 5.84 Å². The van der Waals surface area contributed by atoms with Crippen LogP contribution in [0.5, 0.6) is 0 Å². The van der Waals surface area contributed by atoms with Crippen LogP contribution >= 0.6 is 0 Å². The van der Waals surface area contributed by atoms with E-state index in [1.807, 2.05) is 11.9 Å². The number of nitrogens with zero attached hydrogens (tertiary/aromatic N) is 5. The molecule has 178 valence electrons. The molecule has 10 nitrogen and oxygen atoms in total. The molecule has 3 heterocycles. The molecule has 4 rings (SSSR count). The van der Waals surface area contributed by atoms with Crippen molar-refractivity contribution in [2.45, 2.75) is 43.4 Å². The molecule has 0 radical (unpaired) electrons. The van der Waals surface area contributed by atoms with Crippen LogP contribution in [0, 0.1) is 0 Å². The van der Waals surface area contributed by atoms with Gasteiger partial charge in [-0.05, 0) is 43.2 Å². The van der Waals surface area contributed by atoms with Crippen molar-refractivity contribution in [1.82, 2.24) is 20.0 Å². The van der Waals surface area contributed by atoms with Gasteiger partial charge in [-0.25, -0.2) is 0 Å². The molecular weight excluding hydrogens is 456 g/mol. The van der Waals surface area contributed by atoms with E-state index in [4.69, 9.17) is 4.52 Å². The number of hydrogen-bond acceptors (Lipinski definition) is 7. The predicted octanol–water partition coefficient (Wildman–Crippen LogP) is 3.30. The number of rotatable bonds is 7. The quantitative estimate of drug-likeness (QED) is 0.543. The Bertz CT molecular complexity index is 1270. The lowest BCUT2D eigenvalue weighted by Crippen LogP contribution is -2.26. The molecule has 1 N–H and O–H groups in total. The number of anilines is 1. The molecule has 1 aliphatic rings. The first-order chi connectivity index (χ1) is 16.4. The molecule has 3 aromatic rings. The SMILES string of the molecule is CN1CCCCC/C1=N\S(=O)(=O)c1cccc(NC(=O)CCc2nc(-c3ccncc3)no2)c1. The summed E-state index contributed by atoms with van der Waals surface area (Å²) in [5, 5.41) is 6.64. The van der Waals surface area contributed by atoms with Crippen LogP contribution in [0.2, 0.25) is 0 Å². The number of aryl methyl sites for hydroxylation is 1. The molecule has 1 aliphatic heterocycles. The van der Waals surface area contributed by atoms with E-state index in [9.17, 15) is 13.2 Å².